The first-order valence-electron chi connectivity index (χ1n) is 7.39. The van der Waals surface area contributed by atoms with Crippen LogP contribution in [-0.2, 0) is 4.74 Å². The molecule has 0 unspecified atom stereocenters. The molecule has 0 aliphatic carbocycles. The second-order valence-corrected chi connectivity index (χ2v) is 5.59. The molecule has 0 aliphatic rings. The fourth-order valence-electron chi connectivity index (χ4n) is 2.02. The van der Waals surface area contributed by atoms with E-state index >= 15 is 0 Å². The molecule has 0 saturated carbocycles. The van der Waals surface area contributed by atoms with Crippen LogP contribution in [-0.4, -0.2) is 18.9 Å². The Morgan fingerprint density at radius 1 is 1.24 bits per heavy atom. The molecule has 21 heavy (non-hydrogen) atoms. The highest BCUT2D eigenvalue weighted by Crippen LogP contribution is 2.13. The van der Waals surface area contributed by atoms with Gasteiger partial charge in [-0.2, -0.15) is 0 Å². The molecule has 0 fully saturated rings. The summed E-state index contributed by atoms with van der Waals surface area (Å²) in [4.78, 5) is 22.8. The first kappa shape index (κ1) is 17.2. The third kappa shape index (κ3) is 6.39. The van der Waals surface area contributed by atoms with Crippen molar-refractivity contribution in [3.05, 3.63) is 47.0 Å². The number of carbonyl (C=O) groups excluding carboxylic acids is 2. The van der Waals surface area contributed by atoms with Gasteiger partial charge in [0.2, 0.25) is 0 Å². The maximum atomic E-state index is 11.9. The average molecular weight is 288 g/mol. The Morgan fingerprint density at radius 3 is 2.62 bits per heavy atom. The smallest absolute Gasteiger partial charge is 0.338 e. The van der Waals surface area contributed by atoms with Gasteiger partial charge in [-0.1, -0.05) is 36.8 Å². The van der Waals surface area contributed by atoms with E-state index in [1.54, 1.807) is 24.3 Å². The molecule has 0 bridgehead atoms. The fraction of sp³-hybridized carbons (Fsp3) is 0.444. The Bertz CT molecular complexity index is 499. The minimum absolute atomic E-state index is 0.338. The highest BCUT2D eigenvalue weighted by atomic mass is 16.5. The Balaban J connectivity index is 2.36. The van der Waals surface area contributed by atoms with Crippen LogP contribution in [0.3, 0.4) is 0 Å². The topological polar surface area (TPSA) is 43.4 Å². The normalized spacial score (nSPS) is 11.6. The number of ether oxygens (including phenoxy) is 1. The Labute approximate surface area is 127 Å². The van der Waals surface area contributed by atoms with Crippen LogP contribution in [0.1, 0.15) is 60.7 Å². The number of rotatable bonds is 8. The molecule has 1 aromatic carbocycles. The van der Waals surface area contributed by atoms with E-state index < -0.39 is 5.97 Å². The van der Waals surface area contributed by atoms with Crippen LogP contribution in [0.4, 0.5) is 0 Å². The highest BCUT2D eigenvalue weighted by molar-refractivity contribution is 5.98. The molecule has 0 N–H and O–H groups in total. The van der Waals surface area contributed by atoms with Gasteiger partial charge in [0.05, 0.1) is 12.2 Å². The van der Waals surface area contributed by atoms with Gasteiger partial charge >= 0.3 is 5.97 Å². The summed E-state index contributed by atoms with van der Waals surface area (Å²) in [5, 5.41) is 0. The number of allylic oxidation sites excluding steroid dienone is 2. The second-order valence-electron chi connectivity index (χ2n) is 5.59. The van der Waals surface area contributed by atoms with Gasteiger partial charge in [-0.25, -0.2) is 4.79 Å². The maximum absolute atomic E-state index is 11.9. The molecule has 0 aliphatic heterocycles. The summed E-state index contributed by atoms with van der Waals surface area (Å²) >= 11 is 0. The quantitative estimate of drug-likeness (QED) is 0.404. The lowest BCUT2D eigenvalue weighted by molar-refractivity contribution is 0.0482. The third-order valence-corrected chi connectivity index (χ3v) is 3.36. The minimum atomic E-state index is -0.422. The van der Waals surface area contributed by atoms with E-state index in [-0.39, 0.29) is 0 Å². The van der Waals surface area contributed by atoms with Gasteiger partial charge in [-0.05, 0) is 45.1 Å². The van der Waals surface area contributed by atoms with Crippen molar-refractivity contribution in [2.45, 2.75) is 40.0 Å². The predicted octanol–water partition coefficient (Wildman–Crippen LogP) is 4.43. The molecule has 1 atom stereocenters. The minimum Gasteiger partial charge on any atom is -0.462 e. The summed E-state index contributed by atoms with van der Waals surface area (Å²) in [6.45, 7) is 6.74. The van der Waals surface area contributed by atoms with Crippen molar-refractivity contribution in [1.29, 1.82) is 0 Å². The lowest BCUT2D eigenvalue weighted by Gasteiger charge is -2.11. The summed E-state index contributed by atoms with van der Waals surface area (Å²) in [6.07, 6.45) is 5.89. The Hall–Kier alpha value is -1.90. The zero-order valence-corrected chi connectivity index (χ0v) is 13.1. The SMILES string of the molecule is CC(C)=CCC[C@@H](C)CCOC(=O)c1ccccc1C=O. The zero-order chi connectivity index (χ0) is 15.7. The van der Waals surface area contributed by atoms with Crippen molar-refractivity contribution in [2.24, 2.45) is 5.92 Å². The first-order valence-corrected chi connectivity index (χ1v) is 7.39. The molecular formula is C18H24O3. The largest absolute Gasteiger partial charge is 0.462 e. The van der Waals surface area contributed by atoms with Crippen LogP contribution in [0.15, 0.2) is 35.9 Å². The van der Waals surface area contributed by atoms with Crippen molar-refractivity contribution >= 4 is 12.3 Å². The molecule has 3 nitrogen and oxygen atoms in total. The summed E-state index contributed by atoms with van der Waals surface area (Å²) in [5.74, 6) is 0.0870. The number of hydrogen-bond acceptors (Lipinski definition) is 3. The number of hydrogen-bond donors (Lipinski definition) is 0. The van der Waals surface area contributed by atoms with Crippen LogP contribution in [0.2, 0.25) is 0 Å². The molecule has 0 radical (unpaired) electrons. The van der Waals surface area contributed by atoms with E-state index in [0.29, 0.717) is 29.9 Å². The van der Waals surface area contributed by atoms with Gasteiger partial charge in [-0.3, -0.25) is 4.79 Å². The molecule has 1 aromatic rings. The molecule has 0 aromatic heterocycles. The molecule has 1 rings (SSSR count). The van der Waals surface area contributed by atoms with E-state index in [4.69, 9.17) is 4.74 Å². The molecular weight excluding hydrogens is 264 g/mol. The van der Waals surface area contributed by atoms with E-state index in [1.807, 2.05) is 0 Å². The number of esters is 1. The Morgan fingerprint density at radius 2 is 1.95 bits per heavy atom. The van der Waals surface area contributed by atoms with Gasteiger partial charge in [-0.15, -0.1) is 0 Å². The summed E-state index contributed by atoms with van der Waals surface area (Å²) in [5.41, 5.74) is 2.04. The van der Waals surface area contributed by atoms with Gasteiger partial charge in [0.25, 0.3) is 0 Å². The van der Waals surface area contributed by atoms with Crippen molar-refractivity contribution in [1.82, 2.24) is 0 Å². The van der Waals surface area contributed by atoms with Crippen LogP contribution in [0.5, 0.6) is 0 Å². The molecule has 114 valence electrons. The van der Waals surface area contributed by atoms with E-state index in [0.717, 1.165) is 19.3 Å². The third-order valence-electron chi connectivity index (χ3n) is 3.36. The van der Waals surface area contributed by atoms with Gasteiger partial charge in [0.1, 0.15) is 0 Å². The lowest BCUT2D eigenvalue weighted by atomic mass is 10.0. The predicted molar refractivity (Wildman–Crippen MR) is 84.6 cm³/mol. The molecule has 0 amide bonds. The van der Waals surface area contributed by atoms with Crippen molar-refractivity contribution in [3.63, 3.8) is 0 Å². The molecule has 3 heteroatoms. The maximum Gasteiger partial charge on any atom is 0.338 e. The summed E-state index contributed by atoms with van der Waals surface area (Å²) in [7, 11) is 0. The molecule has 0 heterocycles. The lowest BCUT2D eigenvalue weighted by Crippen LogP contribution is -2.11. The fourth-order valence-corrected chi connectivity index (χ4v) is 2.02. The van der Waals surface area contributed by atoms with Crippen LogP contribution in [0, 0.1) is 5.92 Å². The van der Waals surface area contributed by atoms with E-state index in [9.17, 15) is 9.59 Å². The van der Waals surface area contributed by atoms with Gasteiger partial charge in [0.15, 0.2) is 6.29 Å². The first-order chi connectivity index (χ1) is 10.0. The van der Waals surface area contributed by atoms with Crippen molar-refractivity contribution < 1.29 is 14.3 Å². The Kier molecular flexibility index (Phi) is 7.44. The number of aldehydes is 1. The zero-order valence-electron chi connectivity index (χ0n) is 13.1. The van der Waals surface area contributed by atoms with Crippen LogP contribution < -0.4 is 0 Å². The van der Waals surface area contributed by atoms with Gasteiger partial charge < -0.3 is 4.74 Å². The standard InChI is InChI=1S/C18H24O3/c1-14(2)7-6-8-15(3)11-12-21-18(20)17-10-5-4-9-16(17)13-19/h4-5,7,9-10,13,15H,6,8,11-12H2,1-3H3/t15-/m1/s1. The van der Waals surface area contributed by atoms with Crippen molar-refractivity contribution in [3.8, 4) is 0 Å². The summed E-state index contributed by atoms with van der Waals surface area (Å²) < 4.78 is 5.26. The van der Waals surface area contributed by atoms with Crippen molar-refractivity contribution in [2.75, 3.05) is 6.61 Å². The monoisotopic (exact) mass is 288 g/mol. The number of carbonyl (C=O) groups is 2. The van der Waals surface area contributed by atoms with E-state index in [1.165, 1.54) is 5.57 Å². The molecule has 0 saturated heterocycles. The summed E-state index contributed by atoms with van der Waals surface area (Å²) in [6, 6.07) is 6.69. The molecule has 0 spiro atoms. The number of benzene rings is 1. The highest BCUT2D eigenvalue weighted by Gasteiger charge is 2.12. The van der Waals surface area contributed by atoms with Crippen LogP contribution in [0.25, 0.3) is 0 Å². The second kappa shape index (κ2) is 9.11. The van der Waals surface area contributed by atoms with Gasteiger partial charge in [0, 0.05) is 5.56 Å². The van der Waals surface area contributed by atoms with Crippen LogP contribution >= 0.6 is 0 Å². The van der Waals surface area contributed by atoms with E-state index in [2.05, 4.69) is 26.8 Å². The average Bonchev–Trinajstić information content (AvgIpc) is 2.46.